The van der Waals surface area contributed by atoms with Crippen LogP contribution in [0.4, 0.5) is 16.6 Å². The summed E-state index contributed by atoms with van der Waals surface area (Å²) >= 11 is 6.78. The van der Waals surface area contributed by atoms with Gasteiger partial charge in [0.2, 0.25) is 5.78 Å². The number of nitrogens with one attached hydrogen (secondary N) is 1. The Bertz CT molecular complexity index is 1050. The van der Waals surface area contributed by atoms with Gasteiger partial charge in [0.15, 0.2) is 5.13 Å². The Morgan fingerprint density at radius 1 is 1.15 bits per heavy atom. The Hall–Kier alpha value is -3.30. The number of hydrogen-bond acceptors (Lipinski definition) is 7. The Morgan fingerprint density at radius 2 is 1.85 bits per heavy atom. The summed E-state index contributed by atoms with van der Waals surface area (Å²) in [6.45, 7) is 0. The number of aromatic nitrogens is 1. The molecule has 2 aromatic carbocycles. The number of nitrogens with two attached hydrogens (primary N) is 1. The van der Waals surface area contributed by atoms with Crippen molar-refractivity contribution in [3.8, 4) is 0 Å². The van der Waals surface area contributed by atoms with E-state index in [0.29, 0.717) is 10.6 Å². The van der Waals surface area contributed by atoms with E-state index in [-0.39, 0.29) is 27.1 Å². The maximum Gasteiger partial charge on any atom is 0.269 e. The van der Waals surface area contributed by atoms with Crippen LogP contribution in [0.15, 0.2) is 48.5 Å². The van der Waals surface area contributed by atoms with E-state index in [1.165, 1.54) is 30.3 Å². The molecule has 3 rings (SSSR count). The largest absolute Gasteiger partial charge is 0.382 e. The van der Waals surface area contributed by atoms with Crippen molar-refractivity contribution in [2.75, 3.05) is 11.1 Å². The minimum Gasteiger partial charge on any atom is -0.382 e. The van der Waals surface area contributed by atoms with E-state index in [1.54, 1.807) is 18.2 Å². The van der Waals surface area contributed by atoms with Crippen molar-refractivity contribution in [2.24, 2.45) is 0 Å². The number of carbonyl (C=O) groups is 2. The smallest absolute Gasteiger partial charge is 0.269 e. The molecule has 1 amide bonds. The number of non-ortho nitro benzene ring substituents is 1. The SMILES string of the molecule is Nc1nc(NC(=O)c2cccc(Cl)c2)sc1C(=O)c1ccc([N+](=O)[O-])cc1. The van der Waals surface area contributed by atoms with E-state index in [0.717, 1.165) is 11.3 Å². The first kappa shape index (κ1) is 18.5. The standard InChI is InChI=1S/C17H11ClN4O4S/c18-11-3-1-2-10(8-11)16(24)21-17-20-15(19)14(27-17)13(23)9-4-6-12(7-5-9)22(25)26/h1-8H,19H2,(H,20,21,24). The second kappa shape index (κ2) is 7.52. The van der Waals surface area contributed by atoms with Gasteiger partial charge in [0.05, 0.1) is 4.92 Å². The van der Waals surface area contributed by atoms with Crippen molar-refractivity contribution in [3.05, 3.63) is 79.7 Å². The van der Waals surface area contributed by atoms with E-state index in [1.807, 2.05) is 0 Å². The molecule has 1 aromatic heterocycles. The summed E-state index contributed by atoms with van der Waals surface area (Å²) in [5.74, 6) is -0.923. The average molecular weight is 403 g/mol. The maximum absolute atomic E-state index is 12.6. The molecule has 10 heteroatoms. The first-order valence-corrected chi connectivity index (χ1v) is 8.67. The van der Waals surface area contributed by atoms with Gasteiger partial charge in [0.25, 0.3) is 11.6 Å². The highest BCUT2D eigenvalue weighted by molar-refractivity contribution is 7.18. The monoisotopic (exact) mass is 402 g/mol. The van der Waals surface area contributed by atoms with Crippen LogP contribution in [0.25, 0.3) is 0 Å². The number of ketones is 1. The number of halogens is 1. The number of anilines is 2. The van der Waals surface area contributed by atoms with Gasteiger partial charge in [-0.1, -0.05) is 29.0 Å². The lowest BCUT2D eigenvalue weighted by atomic mass is 10.1. The summed E-state index contributed by atoms with van der Waals surface area (Å²) in [6, 6.07) is 11.5. The summed E-state index contributed by atoms with van der Waals surface area (Å²) in [7, 11) is 0. The predicted octanol–water partition coefficient (Wildman–Crippen LogP) is 3.77. The van der Waals surface area contributed by atoms with Gasteiger partial charge in [0, 0.05) is 28.3 Å². The fraction of sp³-hybridized carbons (Fsp3) is 0. The fourth-order valence-electron chi connectivity index (χ4n) is 2.21. The number of hydrogen-bond donors (Lipinski definition) is 2. The van der Waals surface area contributed by atoms with Gasteiger partial charge in [-0.05, 0) is 30.3 Å². The van der Waals surface area contributed by atoms with Crippen LogP contribution in [0, 0.1) is 10.1 Å². The number of nitrogen functional groups attached to an aromatic ring is 1. The van der Waals surface area contributed by atoms with E-state index in [2.05, 4.69) is 10.3 Å². The van der Waals surface area contributed by atoms with E-state index in [9.17, 15) is 19.7 Å². The minimum absolute atomic E-state index is 0.0373. The Balaban J connectivity index is 1.80. The molecule has 0 bridgehead atoms. The van der Waals surface area contributed by atoms with Gasteiger partial charge in [-0.25, -0.2) is 4.98 Å². The number of benzene rings is 2. The van der Waals surface area contributed by atoms with Crippen LogP contribution in [0.1, 0.15) is 25.6 Å². The van der Waals surface area contributed by atoms with Crippen LogP contribution in [0.2, 0.25) is 5.02 Å². The molecule has 8 nitrogen and oxygen atoms in total. The Labute approximate surface area is 161 Å². The van der Waals surface area contributed by atoms with Crippen LogP contribution in [-0.2, 0) is 0 Å². The van der Waals surface area contributed by atoms with Crippen molar-refractivity contribution < 1.29 is 14.5 Å². The maximum atomic E-state index is 12.6. The molecule has 0 saturated carbocycles. The summed E-state index contributed by atoms with van der Waals surface area (Å²) in [4.78, 5) is 39.0. The highest BCUT2D eigenvalue weighted by Gasteiger charge is 2.20. The van der Waals surface area contributed by atoms with E-state index in [4.69, 9.17) is 17.3 Å². The third-order valence-electron chi connectivity index (χ3n) is 3.51. The van der Waals surface area contributed by atoms with Gasteiger partial charge < -0.3 is 5.73 Å². The third kappa shape index (κ3) is 4.10. The molecule has 0 aliphatic heterocycles. The number of carbonyl (C=O) groups excluding carboxylic acids is 2. The van der Waals surface area contributed by atoms with Crippen molar-refractivity contribution in [1.82, 2.24) is 4.98 Å². The molecule has 0 aliphatic rings. The predicted molar refractivity (Wildman–Crippen MR) is 102 cm³/mol. The molecule has 27 heavy (non-hydrogen) atoms. The Kier molecular flexibility index (Phi) is 5.15. The van der Waals surface area contributed by atoms with Crippen molar-refractivity contribution >= 4 is 51.3 Å². The highest BCUT2D eigenvalue weighted by atomic mass is 35.5. The number of amides is 1. The van der Waals surface area contributed by atoms with Crippen LogP contribution in [-0.4, -0.2) is 21.6 Å². The second-order valence-corrected chi connectivity index (χ2v) is 6.77. The second-order valence-electron chi connectivity index (χ2n) is 5.33. The molecule has 0 atom stereocenters. The minimum atomic E-state index is -0.557. The van der Waals surface area contributed by atoms with Gasteiger partial charge in [-0.15, -0.1) is 0 Å². The van der Waals surface area contributed by atoms with E-state index < -0.39 is 16.6 Å². The molecular weight excluding hydrogens is 392 g/mol. The number of nitro groups is 1. The first-order chi connectivity index (χ1) is 12.8. The summed E-state index contributed by atoms with van der Waals surface area (Å²) in [5, 5.41) is 13.8. The number of rotatable bonds is 5. The molecule has 0 fully saturated rings. The lowest BCUT2D eigenvalue weighted by molar-refractivity contribution is -0.384. The number of nitro benzene ring substituents is 1. The Morgan fingerprint density at radius 3 is 2.48 bits per heavy atom. The molecule has 3 aromatic rings. The van der Waals surface area contributed by atoms with Gasteiger partial charge >= 0.3 is 0 Å². The van der Waals surface area contributed by atoms with Crippen LogP contribution >= 0.6 is 22.9 Å². The number of thiazole rings is 1. The zero-order chi connectivity index (χ0) is 19.6. The van der Waals surface area contributed by atoms with Crippen molar-refractivity contribution in [1.29, 1.82) is 0 Å². The summed E-state index contributed by atoms with van der Waals surface area (Å²) < 4.78 is 0. The molecule has 0 saturated heterocycles. The van der Waals surface area contributed by atoms with Crippen LogP contribution < -0.4 is 11.1 Å². The summed E-state index contributed by atoms with van der Waals surface area (Å²) in [5.41, 5.74) is 6.23. The molecule has 0 radical (unpaired) electrons. The average Bonchev–Trinajstić information content (AvgIpc) is 3.01. The highest BCUT2D eigenvalue weighted by Crippen LogP contribution is 2.28. The van der Waals surface area contributed by atoms with Crippen LogP contribution in [0.3, 0.4) is 0 Å². The topological polar surface area (TPSA) is 128 Å². The summed E-state index contributed by atoms with van der Waals surface area (Å²) in [6.07, 6.45) is 0. The molecule has 136 valence electrons. The zero-order valence-electron chi connectivity index (χ0n) is 13.5. The van der Waals surface area contributed by atoms with Gasteiger partial charge in [-0.2, -0.15) is 0 Å². The third-order valence-corrected chi connectivity index (χ3v) is 4.73. The molecular formula is C17H11ClN4O4S. The quantitative estimate of drug-likeness (QED) is 0.379. The van der Waals surface area contributed by atoms with E-state index >= 15 is 0 Å². The van der Waals surface area contributed by atoms with Crippen LogP contribution in [0.5, 0.6) is 0 Å². The first-order valence-electron chi connectivity index (χ1n) is 7.47. The lowest BCUT2D eigenvalue weighted by Gasteiger charge is -2.01. The molecule has 0 unspecified atom stereocenters. The zero-order valence-corrected chi connectivity index (χ0v) is 15.1. The molecule has 3 N–H and O–H groups in total. The molecule has 0 spiro atoms. The van der Waals surface area contributed by atoms with Crippen molar-refractivity contribution in [3.63, 3.8) is 0 Å². The normalized spacial score (nSPS) is 10.4. The van der Waals surface area contributed by atoms with Gasteiger partial charge in [-0.3, -0.25) is 25.0 Å². The fourth-order valence-corrected chi connectivity index (χ4v) is 3.24. The van der Waals surface area contributed by atoms with Gasteiger partial charge in [0.1, 0.15) is 10.7 Å². The lowest BCUT2D eigenvalue weighted by Crippen LogP contribution is -2.11. The number of nitrogens with zero attached hydrogens (tertiary/aromatic N) is 2. The van der Waals surface area contributed by atoms with Crippen molar-refractivity contribution in [2.45, 2.75) is 0 Å². The molecule has 0 aliphatic carbocycles. The molecule has 1 heterocycles.